The summed E-state index contributed by atoms with van der Waals surface area (Å²) in [4.78, 5) is 7.49. The molecule has 4 heteroatoms. The molecule has 3 rings (SSSR count). The summed E-state index contributed by atoms with van der Waals surface area (Å²) in [7, 11) is 0. The van der Waals surface area contributed by atoms with Gasteiger partial charge in [0, 0.05) is 31.0 Å². The molecule has 2 aromatic heterocycles. The van der Waals surface area contributed by atoms with E-state index in [1.807, 2.05) is 6.20 Å². The topological polar surface area (TPSA) is 34.0 Å². The second-order valence-corrected chi connectivity index (χ2v) is 6.90. The molecule has 0 unspecified atom stereocenters. The lowest BCUT2D eigenvalue weighted by molar-refractivity contribution is 0.265. The van der Waals surface area contributed by atoms with Crippen LogP contribution in [0, 0.1) is 5.92 Å². The Morgan fingerprint density at radius 2 is 2.13 bits per heavy atom. The van der Waals surface area contributed by atoms with Gasteiger partial charge in [0.25, 0.3) is 0 Å². The Hall–Kier alpha value is -1.68. The van der Waals surface area contributed by atoms with E-state index < -0.39 is 0 Å². The summed E-state index contributed by atoms with van der Waals surface area (Å²) >= 11 is 0. The molecule has 1 aliphatic rings. The van der Waals surface area contributed by atoms with E-state index in [4.69, 9.17) is 4.98 Å². The maximum Gasteiger partial charge on any atom is 0.0886 e. The predicted molar refractivity (Wildman–Crippen MR) is 94.3 cm³/mol. The molecule has 0 bridgehead atoms. The second-order valence-electron chi connectivity index (χ2n) is 6.90. The van der Waals surface area contributed by atoms with Gasteiger partial charge < -0.3 is 4.90 Å². The third kappa shape index (κ3) is 3.81. The highest BCUT2D eigenvalue weighted by atomic mass is 15.3. The van der Waals surface area contributed by atoms with Gasteiger partial charge in [-0.1, -0.05) is 13.0 Å². The fourth-order valence-corrected chi connectivity index (χ4v) is 3.47. The van der Waals surface area contributed by atoms with Crippen molar-refractivity contribution in [3.8, 4) is 11.4 Å². The molecular formula is C19H28N4. The first-order chi connectivity index (χ1) is 11.2. The van der Waals surface area contributed by atoms with Gasteiger partial charge in [0.1, 0.15) is 0 Å². The maximum atomic E-state index is 4.91. The van der Waals surface area contributed by atoms with Crippen molar-refractivity contribution in [1.29, 1.82) is 0 Å². The molecule has 1 fully saturated rings. The van der Waals surface area contributed by atoms with Crippen LogP contribution in [-0.2, 0) is 13.0 Å². The Kier molecular flexibility index (Phi) is 5.11. The Morgan fingerprint density at radius 3 is 2.87 bits per heavy atom. The van der Waals surface area contributed by atoms with Crippen molar-refractivity contribution in [2.45, 2.75) is 52.6 Å². The molecule has 0 spiro atoms. The minimum Gasteiger partial charge on any atom is -0.301 e. The van der Waals surface area contributed by atoms with Gasteiger partial charge in [0.2, 0.25) is 0 Å². The van der Waals surface area contributed by atoms with Crippen LogP contribution in [0.15, 0.2) is 30.5 Å². The number of aryl methyl sites for hydroxylation is 1. The highest BCUT2D eigenvalue weighted by Crippen LogP contribution is 2.23. The molecule has 0 aromatic carbocycles. The molecule has 1 saturated heterocycles. The molecule has 1 atom stereocenters. The van der Waals surface area contributed by atoms with E-state index in [-0.39, 0.29) is 0 Å². The lowest BCUT2D eigenvalue weighted by Crippen LogP contribution is -2.28. The van der Waals surface area contributed by atoms with Crippen molar-refractivity contribution < 1.29 is 0 Å². The molecule has 0 N–H and O–H groups in total. The number of aromatic nitrogens is 3. The van der Waals surface area contributed by atoms with E-state index in [0.717, 1.165) is 36.7 Å². The van der Waals surface area contributed by atoms with Crippen LogP contribution in [0.2, 0.25) is 0 Å². The fourth-order valence-electron chi connectivity index (χ4n) is 3.47. The van der Waals surface area contributed by atoms with Gasteiger partial charge in [-0.05, 0) is 63.8 Å². The summed E-state index contributed by atoms with van der Waals surface area (Å²) in [6, 6.07) is 9.13. The van der Waals surface area contributed by atoms with Crippen molar-refractivity contribution in [3.63, 3.8) is 0 Å². The Morgan fingerprint density at radius 1 is 1.26 bits per heavy atom. The normalized spacial score (nSPS) is 18.9. The average Bonchev–Trinajstić information content (AvgIpc) is 3.17. The van der Waals surface area contributed by atoms with Crippen LogP contribution in [0.4, 0.5) is 0 Å². The van der Waals surface area contributed by atoms with Crippen LogP contribution in [0.1, 0.15) is 39.3 Å². The molecule has 0 radical (unpaired) electrons. The first kappa shape index (κ1) is 16.2. The monoisotopic (exact) mass is 312 g/mol. The highest BCUT2D eigenvalue weighted by Gasteiger charge is 2.24. The van der Waals surface area contributed by atoms with E-state index in [1.54, 1.807) is 0 Å². The van der Waals surface area contributed by atoms with Gasteiger partial charge in [-0.2, -0.15) is 5.10 Å². The summed E-state index contributed by atoms with van der Waals surface area (Å²) in [5.74, 6) is 0.737. The SMILES string of the molecule is CCCn1nccc1-c1cccc(C[C@H]2CCN(C(C)C)C2)n1. The lowest BCUT2D eigenvalue weighted by Gasteiger charge is -2.20. The van der Waals surface area contributed by atoms with Gasteiger partial charge in [-0.25, -0.2) is 0 Å². The minimum absolute atomic E-state index is 0.655. The number of pyridine rings is 1. The molecule has 1 aliphatic heterocycles. The maximum absolute atomic E-state index is 4.91. The Bertz CT molecular complexity index is 632. The molecule has 0 aliphatic carbocycles. The zero-order chi connectivity index (χ0) is 16.2. The molecular weight excluding hydrogens is 284 g/mol. The van der Waals surface area contributed by atoms with E-state index in [9.17, 15) is 0 Å². The van der Waals surface area contributed by atoms with Gasteiger partial charge >= 0.3 is 0 Å². The van der Waals surface area contributed by atoms with E-state index in [1.165, 1.54) is 25.2 Å². The number of hydrogen-bond acceptors (Lipinski definition) is 3. The summed E-state index contributed by atoms with van der Waals surface area (Å²) in [6.07, 6.45) is 5.33. The standard InChI is InChI=1S/C19H28N4/c1-4-11-23-19(8-10-20-23)18-7-5-6-17(21-18)13-16-9-12-22(14-16)15(2)3/h5-8,10,15-16H,4,9,11-14H2,1-3H3/t16-/m1/s1. The fraction of sp³-hybridized carbons (Fsp3) is 0.579. The van der Waals surface area contributed by atoms with Gasteiger partial charge in [-0.15, -0.1) is 0 Å². The van der Waals surface area contributed by atoms with Crippen LogP contribution in [-0.4, -0.2) is 38.8 Å². The number of nitrogens with zero attached hydrogens (tertiary/aromatic N) is 4. The van der Waals surface area contributed by atoms with Gasteiger partial charge in [0.15, 0.2) is 0 Å². The molecule has 124 valence electrons. The van der Waals surface area contributed by atoms with Crippen LogP contribution in [0.3, 0.4) is 0 Å². The quantitative estimate of drug-likeness (QED) is 0.817. The third-order valence-electron chi connectivity index (χ3n) is 4.77. The van der Waals surface area contributed by atoms with E-state index in [0.29, 0.717) is 6.04 Å². The molecule has 0 saturated carbocycles. The number of hydrogen-bond donors (Lipinski definition) is 0. The molecule has 23 heavy (non-hydrogen) atoms. The first-order valence-electron chi connectivity index (χ1n) is 8.89. The Balaban J connectivity index is 1.72. The molecule has 2 aromatic rings. The molecule has 0 amide bonds. The number of likely N-dealkylation sites (tertiary alicyclic amines) is 1. The van der Waals surface area contributed by atoms with Crippen molar-refractivity contribution in [2.75, 3.05) is 13.1 Å². The molecule has 4 nitrogen and oxygen atoms in total. The van der Waals surface area contributed by atoms with Gasteiger partial charge in [0.05, 0.1) is 11.4 Å². The average molecular weight is 312 g/mol. The van der Waals surface area contributed by atoms with E-state index in [2.05, 4.69) is 59.7 Å². The summed E-state index contributed by atoms with van der Waals surface area (Å²) in [5, 5.41) is 4.41. The van der Waals surface area contributed by atoms with Crippen LogP contribution < -0.4 is 0 Å². The minimum atomic E-state index is 0.655. The van der Waals surface area contributed by atoms with Crippen LogP contribution in [0.25, 0.3) is 11.4 Å². The second kappa shape index (κ2) is 7.26. The lowest BCUT2D eigenvalue weighted by atomic mass is 10.0. The molecule has 3 heterocycles. The number of rotatable bonds is 6. The van der Waals surface area contributed by atoms with E-state index >= 15 is 0 Å². The Labute approximate surface area is 139 Å². The highest BCUT2D eigenvalue weighted by molar-refractivity contribution is 5.54. The van der Waals surface area contributed by atoms with Crippen LogP contribution >= 0.6 is 0 Å². The van der Waals surface area contributed by atoms with Crippen LogP contribution in [0.5, 0.6) is 0 Å². The summed E-state index contributed by atoms with van der Waals surface area (Å²) < 4.78 is 2.06. The van der Waals surface area contributed by atoms with Crippen molar-refractivity contribution >= 4 is 0 Å². The zero-order valence-electron chi connectivity index (χ0n) is 14.6. The third-order valence-corrected chi connectivity index (χ3v) is 4.77. The predicted octanol–water partition coefficient (Wildman–Crippen LogP) is 3.63. The summed E-state index contributed by atoms with van der Waals surface area (Å²) in [5.41, 5.74) is 3.39. The smallest absolute Gasteiger partial charge is 0.0886 e. The van der Waals surface area contributed by atoms with Crippen molar-refractivity contribution in [3.05, 3.63) is 36.2 Å². The first-order valence-corrected chi connectivity index (χ1v) is 8.89. The summed E-state index contributed by atoms with van der Waals surface area (Å²) in [6.45, 7) is 10.1. The van der Waals surface area contributed by atoms with Gasteiger partial charge in [-0.3, -0.25) is 9.67 Å². The largest absolute Gasteiger partial charge is 0.301 e. The van der Waals surface area contributed by atoms with Crippen molar-refractivity contribution in [1.82, 2.24) is 19.7 Å². The van der Waals surface area contributed by atoms with Crippen molar-refractivity contribution in [2.24, 2.45) is 5.92 Å². The zero-order valence-corrected chi connectivity index (χ0v) is 14.6.